The second kappa shape index (κ2) is 5.72. The van der Waals surface area contributed by atoms with Crippen LogP contribution in [0, 0.1) is 0 Å². The topological polar surface area (TPSA) is 72.7 Å². The molecule has 3 aromatic rings. The van der Waals surface area contributed by atoms with Crippen molar-refractivity contribution in [3.63, 3.8) is 0 Å². The third-order valence-corrected chi connectivity index (χ3v) is 3.09. The number of anilines is 1. The summed E-state index contributed by atoms with van der Waals surface area (Å²) in [6, 6.07) is 5.10. The molecule has 0 unspecified atom stereocenters. The van der Waals surface area contributed by atoms with Crippen LogP contribution in [0.1, 0.15) is 10.4 Å². The minimum atomic E-state index is -0.306. The van der Waals surface area contributed by atoms with Gasteiger partial charge in [-0.2, -0.15) is 0 Å². The number of hydrogen-bond donors (Lipinski definition) is 1. The Morgan fingerprint density at radius 3 is 2.71 bits per heavy atom. The molecule has 0 saturated carbocycles. The molecular formula is C14H10ClN5O. The van der Waals surface area contributed by atoms with Gasteiger partial charge in [-0.15, -0.1) is 0 Å². The molecule has 0 fully saturated rings. The summed E-state index contributed by atoms with van der Waals surface area (Å²) in [5.74, 6) is 0.409. The highest BCUT2D eigenvalue weighted by Gasteiger charge is 2.10. The van der Waals surface area contributed by atoms with E-state index in [1.54, 1.807) is 47.7 Å². The van der Waals surface area contributed by atoms with Crippen molar-refractivity contribution in [2.45, 2.75) is 0 Å². The van der Waals surface area contributed by atoms with E-state index >= 15 is 0 Å². The molecule has 0 atom stereocenters. The Hall–Kier alpha value is -2.73. The maximum atomic E-state index is 12.1. The van der Waals surface area contributed by atoms with E-state index in [0.717, 1.165) is 0 Å². The van der Waals surface area contributed by atoms with Gasteiger partial charge in [0.25, 0.3) is 5.91 Å². The summed E-state index contributed by atoms with van der Waals surface area (Å²) < 4.78 is 1.77. The van der Waals surface area contributed by atoms with Crippen LogP contribution < -0.4 is 5.32 Å². The fourth-order valence-electron chi connectivity index (χ4n) is 1.77. The van der Waals surface area contributed by atoms with Gasteiger partial charge in [-0.05, 0) is 18.2 Å². The second-order valence-corrected chi connectivity index (χ2v) is 4.59. The minimum absolute atomic E-state index is 0.304. The summed E-state index contributed by atoms with van der Waals surface area (Å²) in [6.07, 6.45) is 9.62. The average molecular weight is 300 g/mol. The van der Waals surface area contributed by atoms with E-state index in [1.807, 2.05) is 0 Å². The van der Waals surface area contributed by atoms with Crippen LogP contribution in [0.5, 0.6) is 0 Å². The molecule has 7 heteroatoms. The maximum Gasteiger partial charge on any atom is 0.257 e. The van der Waals surface area contributed by atoms with Crippen molar-refractivity contribution in [1.29, 1.82) is 0 Å². The van der Waals surface area contributed by atoms with Crippen LogP contribution in [-0.4, -0.2) is 25.4 Å². The Bertz CT molecular complexity index is 755. The fourth-order valence-corrected chi connectivity index (χ4v) is 1.97. The number of hydrogen-bond acceptors (Lipinski definition) is 4. The highest BCUT2D eigenvalue weighted by molar-refractivity contribution is 6.34. The average Bonchev–Trinajstić information content (AvgIpc) is 3.02. The SMILES string of the molecule is O=C(Nc1ccc(-n2ccnc2)nc1)c1ccncc1Cl. The normalized spacial score (nSPS) is 10.3. The summed E-state index contributed by atoms with van der Waals surface area (Å²) in [5, 5.41) is 3.04. The molecule has 0 aliphatic carbocycles. The van der Waals surface area contributed by atoms with E-state index in [2.05, 4.69) is 20.3 Å². The number of nitrogens with zero attached hydrogens (tertiary/aromatic N) is 4. The smallest absolute Gasteiger partial charge is 0.257 e. The predicted octanol–water partition coefficient (Wildman–Crippen LogP) is 2.57. The van der Waals surface area contributed by atoms with Crippen molar-refractivity contribution >= 4 is 23.2 Å². The summed E-state index contributed by atoms with van der Waals surface area (Å²) in [5.41, 5.74) is 0.946. The van der Waals surface area contributed by atoms with Gasteiger partial charge in [0.1, 0.15) is 12.1 Å². The Kier molecular flexibility index (Phi) is 3.61. The number of carbonyl (C=O) groups excluding carboxylic acids is 1. The lowest BCUT2D eigenvalue weighted by molar-refractivity contribution is 0.102. The fraction of sp³-hybridized carbons (Fsp3) is 0. The van der Waals surface area contributed by atoms with Crippen LogP contribution in [0.3, 0.4) is 0 Å². The molecule has 0 radical (unpaired) electrons. The van der Waals surface area contributed by atoms with E-state index in [-0.39, 0.29) is 5.91 Å². The van der Waals surface area contributed by atoms with E-state index in [4.69, 9.17) is 11.6 Å². The van der Waals surface area contributed by atoms with Crippen molar-refractivity contribution in [2.75, 3.05) is 5.32 Å². The van der Waals surface area contributed by atoms with Crippen molar-refractivity contribution < 1.29 is 4.79 Å². The summed E-state index contributed by atoms with van der Waals surface area (Å²) in [6.45, 7) is 0. The monoisotopic (exact) mass is 299 g/mol. The zero-order chi connectivity index (χ0) is 14.7. The predicted molar refractivity (Wildman–Crippen MR) is 78.6 cm³/mol. The molecular weight excluding hydrogens is 290 g/mol. The molecule has 6 nitrogen and oxygen atoms in total. The highest BCUT2D eigenvalue weighted by atomic mass is 35.5. The molecule has 0 bridgehead atoms. The van der Waals surface area contributed by atoms with E-state index < -0.39 is 0 Å². The molecule has 0 saturated heterocycles. The summed E-state index contributed by atoms with van der Waals surface area (Å²) in [7, 11) is 0. The molecule has 0 aromatic carbocycles. The number of imidazole rings is 1. The van der Waals surface area contributed by atoms with Crippen LogP contribution in [0.15, 0.2) is 55.5 Å². The molecule has 0 aliphatic heterocycles. The number of rotatable bonds is 3. The molecule has 21 heavy (non-hydrogen) atoms. The Balaban J connectivity index is 1.77. The van der Waals surface area contributed by atoms with Crippen LogP contribution in [0.2, 0.25) is 5.02 Å². The number of nitrogens with one attached hydrogen (secondary N) is 1. The van der Waals surface area contributed by atoms with E-state index in [0.29, 0.717) is 22.1 Å². The molecule has 3 aromatic heterocycles. The van der Waals surface area contributed by atoms with Gasteiger partial charge in [0, 0.05) is 24.8 Å². The standard InChI is InChI=1S/C14H10ClN5O/c15-12-8-16-4-3-11(12)14(21)19-10-1-2-13(18-7-10)20-6-5-17-9-20/h1-9H,(H,19,21). The largest absolute Gasteiger partial charge is 0.321 e. The number of carbonyl (C=O) groups is 1. The lowest BCUT2D eigenvalue weighted by Gasteiger charge is -2.07. The van der Waals surface area contributed by atoms with Crippen molar-refractivity contribution in [1.82, 2.24) is 19.5 Å². The second-order valence-electron chi connectivity index (χ2n) is 4.18. The van der Waals surface area contributed by atoms with E-state index in [9.17, 15) is 4.79 Å². The van der Waals surface area contributed by atoms with Gasteiger partial charge in [0.15, 0.2) is 0 Å². The summed E-state index contributed by atoms with van der Waals surface area (Å²) in [4.78, 5) is 24.1. The van der Waals surface area contributed by atoms with Crippen LogP contribution in [0.25, 0.3) is 5.82 Å². The van der Waals surface area contributed by atoms with Gasteiger partial charge < -0.3 is 5.32 Å². The first-order valence-electron chi connectivity index (χ1n) is 6.09. The first-order chi connectivity index (χ1) is 10.2. The van der Waals surface area contributed by atoms with E-state index in [1.165, 1.54) is 12.4 Å². The zero-order valence-corrected chi connectivity index (χ0v) is 11.5. The van der Waals surface area contributed by atoms with Gasteiger partial charge in [-0.1, -0.05) is 11.6 Å². The summed E-state index contributed by atoms with van der Waals surface area (Å²) >= 11 is 5.93. The zero-order valence-electron chi connectivity index (χ0n) is 10.8. The first-order valence-corrected chi connectivity index (χ1v) is 6.47. The van der Waals surface area contributed by atoms with Gasteiger partial charge in [-0.3, -0.25) is 14.3 Å². The molecule has 104 valence electrons. The quantitative estimate of drug-likeness (QED) is 0.806. The lowest BCUT2D eigenvalue weighted by atomic mass is 10.2. The number of pyridine rings is 2. The van der Waals surface area contributed by atoms with Crippen molar-refractivity contribution in [3.05, 3.63) is 66.1 Å². The number of halogens is 1. The molecule has 1 amide bonds. The Labute approximate surface area is 125 Å². The van der Waals surface area contributed by atoms with Gasteiger partial charge in [-0.25, -0.2) is 9.97 Å². The van der Waals surface area contributed by atoms with Crippen molar-refractivity contribution in [2.24, 2.45) is 0 Å². The maximum absolute atomic E-state index is 12.1. The minimum Gasteiger partial charge on any atom is -0.321 e. The Morgan fingerprint density at radius 2 is 2.05 bits per heavy atom. The molecule has 0 spiro atoms. The molecule has 1 N–H and O–H groups in total. The van der Waals surface area contributed by atoms with Gasteiger partial charge in [0.05, 0.1) is 22.5 Å². The highest BCUT2D eigenvalue weighted by Crippen LogP contribution is 2.16. The van der Waals surface area contributed by atoms with Crippen LogP contribution in [-0.2, 0) is 0 Å². The third kappa shape index (κ3) is 2.90. The third-order valence-electron chi connectivity index (χ3n) is 2.79. The van der Waals surface area contributed by atoms with Crippen LogP contribution in [0.4, 0.5) is 5.69 Å². The number of amides is 1. The Morgan fingerprint density at radius 1 is 1.14 bits per heavy atom. The first kappa shape index (κ1) is 13.3. The molecule has 0 aliphatic rings. The van der Waals surface area contributed by atoms with Gasteiger partial charge in [0.2, 0.25) is 0 Å². The van der Waals surface area contributed by atoms with Crippen LogP contribution >= 0.6 is 11.6 Å². The van der Waals surface area contributed by atoms with Gasteiger partial charge >= 0.3 is 0 Å². The molecule has 3 rings (SSSR count). The van der Waals surface area contributed by atoms with Crippen molar-refractivity contribution in [3.8, 4) is 5.82 Å². The number of aromatic nitrogens is 4. The molecule has 3 heterocycles. The lowest BCUT2D eigenvalue weighted by Crippen LogP contribution is -2.13.